The van der Waals surface area contributed by atoms with E-state index in [0.29, 0.717) is 0 Å². The van der Waals surface area contributed by atoms with E-state index >= 15 is 0 Å². The van der Waals surface area contributed by atoms with Crippen LogP contribution in [0, 0.1) is 6.92 Å². The number of hydrogen-bond acceptors (Lipinski definition) is 4. The van der Waals surface area contributed by atoms with Crippen molar-refractivity contribution in [2.45, 2.75) is 26.3 Å². The summed E-state index contributed by atoms with van der Waals surface area (Å²) in [6, 6.07) is 6.29. The van der Waals surface area contributed by atoms with E-state index in [4.69, 9.17) is 5.84 Å². The summed E-state index contributed by atoms with van der Waals surface area (Å²) >= 11 is 1.74. The summed E-state index contributed by atoms with van der Waals surface area (Å²) in [6.07, 6.45) is 2.91. The number of hydrazine groups is 1. The van der Waals surface area contributed by atoms with Gasteiger partial charge in [-0.15, -0.1) is 11.3 Å². The molecule has 0 aromatic carbocycles. The number of aromatic nitrogens is 1. The van der Waals surface area contributed by atoms with Gasteiger partial charge in [-0.1, -0.05) is 13.0 Å². The largest absolute Gasteiger partial charge is 0.271 e. The fourth-order valence-electron chi connectivity index (χ4n) is 1.87. The van der Waals surface area contributed by atoms with Gasteiger partial charge < -0.3 is 0 Å². The van der Waals surface area contributed by atoms with Crippen LogP contribution >= 0.6 is 11.3 Å². The Hall–Kier alpha value is -1.23. The highest BCUT2D eigenvalue weighted by molar-refractivity contribution is 7.10. The summed E-state index contributed by atoms with van der Waals surface area (Å²) in [5.41, 5.74) is 6.36. The molecule has 90 valence electrons. The van der Waals surface area contributed by atoms with Crippen LogP contribution in [0.15, 0.2) is 29.8 Å². The third kappa shape index (κ3) is 2.54. The Balaban J connectivity index is 2.36. The van der Waals surface area contributed by atoms with Crippen molar-refractivity contribution in [1.82, 2.24) is 10.4 Å². The van der Waals surface area contributed by atoms with E-state index in [1.54, 1.807) is 11.3 Å². The molecule has 3 N–H and O–H groups in total. The molecule has 0 fully saturated rings. The highest BCUT2D eigenvalue weighted by Crippen LogP contribution is 2.29. The molecular weight excluding hydrogens is 230 g/mol. The first-order valence-corrected chi connectivity index (χ1v) is 6.59. The summed E-state index contributed by atoms with van der Waals surface area (Å²) in [7, 11) is 0. The molecule has 2 rings (SSSR count). The number of rotatable bonds is 4. The third-order valence-corrected chi connectivity index (χ3v) is 3.88. The molecule has 0 saturated heterocycles. The van der Waals surface area contributed by atoms with Gasteiger partial charge in [0, 0.05) is 16.8 Å². The predicted octanol–water partition coefficient (Wildman–Crippen LogP) is 2.57. The summed E-state index contributed by atoms with van der Waals surface area (Å²) in [5.74, 6) is 5.69. The van der Waals surface area contributed by atoms with Crippen molar-refractivity contribution in [3.8, 4) is 0 Å². The lowest BCUT2D eigenvalue weighted by Gasteiger charge is -2.16. The molecule has 0 aliphatic heterocycles. The van der Waals surface area contributed by atoms with Crippen molar-refractivity contribution < 1.29 is 0 Å². The molecule has 2 aromatic heterocycles. The smallest absolute Gasteiger partial charge is 0.0820 e. The summed E-state index contributed by atoms with van der Waals surface area (Å²) < 4.78 is 0. The summed E-state index contributed by atoms with van der Waals surface area (Å²) in [5, 5.41) is 2.11. The van der Waals surface area contributed by atoms with Crippen molar-refractivity contribution in [3.05, 3.63) is 51.5 Å². The molecule has 2 heterocycles. The maximum atomic E-state index is 5.69. The van der Waals surface area contributed by atoms with Gasteiger partial charge in [0.1, 0.15) is 0 Å². The van der Waals surface area contributed by atoms with Crippen LogP contribution in [0.4, 0.5) is 0 Å². The molecule has 0 aliphatic rings. The minimum absolute atomic E-state index is 0.0399. The average Bonchev–Trinajstić information content (AvgIpc) is 2.81. The van der Waals surface area contributed by atoms with E-state index in [-0.39, 0.29) is 6.04 Å². The van der Waals surface area contributed by atoms with Gasteiger partial charge in [0.25, 0.3) is 0 Å². The van der Waals surface area contributed by atoms with E-state index in [9.17, 15) is 0 Å². The van der Waals surface area contributed by atoms with E-state index in [2.05, 4.69) is 34.8 Å². The summed E-state index contributed by atoms with van der Waals surface area (Å²) in [4.78, 5) is 5.60. The molecule has 3 nitrogen and oxygen atoms in total. The molecule has 1 atom stereocenters. The van der Waals surface area contributed by atoms with Crippen LogP contribution in [0.1, 0.15) is 34.7 Å². The number of nitrogens with two attached hydrogens (primary N) is 1. The molecule has 0 amide bonds. The lowest BCUT2D eigenvalue weighted by atomic mass is 10.0. The second-order valence-corrected chi connectivity index (χ2v) is 4.94. The first kappa shape index (κ1) is 12.2. The Morgan fingerprint density at radius 1 is 1.41 bits per heavy atom. The summed E-state index contributed by atoms with van der Waals surface area (Å²) in [6.45, 7) is 4.14. The zero-order valence-electron chi connectivity index (χ0n) is 10.1. The Labute approximate surface area is 106 Å². The maximum absolute atomic E-state index is 5.69. The van der Waals surface area contributed by atoms with Crippen LogP contribution < -0.4 is 11.3 Å². The molecule has 4 heteroatoms. The van der Waals surface area contributed by atoms with Crippen LogP contribution in [0.3, 0.4) is 0 Å². The van der Waals surface area contributed by atoms with E-state index in [1.807, 2.05) is 19.2 Å². The van der Waals surface area contributed by atoms with E-state index in [1.165, 1.54) is 10.4 Å². The fraction of sp³-hybridized carbons (Fsp3) is 0.308. The van der Waals surface area contributed by atoms with Gasteiger partial charge in [-0.3, -0.25) is 10.8 Å². The van der Waals surface area contributed by atoms with Crippen molar-refractivity contribution >= 4 is 11.3 Å². The van der Waals surface area contributed by atoms with Gasteiger partial charge in [0.15, 0.2) is 0 Å². The minimum atomic E-state index is 0.0399. The molecule has 0 aliphatic carbocycles. The molecular formula is C13H17N3S. The van der Waals surface area contributed by atoms with Crippen molar-refractivity contribution in [2.75, 3.05) is 0 Å². The molecule has 0 radical (unpaired) electrons. The van der Waals surface area contributed by atoms with Gasteiger partial charge in [-0.05, 0) is 42.0 Å². The van der Waals surface area contributed by atoms with Crippen LogP contribution in [-0.2, 0) is 6.42 Å². The van der Waals surface area contributed by atoms with Crippen molar-refractivity contribution in [3.63, 3.8) is 0 Å². The topological polar surface area (TPSA) is 50.9 Å². The molecule has 1 unspecified atom stereocenters. The van der Waals surface area contributed by atoms with Gasteiger partial charge in [-0.2, -0.15) is 0 Å². The Kier molecular flexibility index (Phi) is 3.89. The first-order chi connectivity index (χ1) is 8.26. The van der Waals surface area contributed by atoms with Crippen molar-refractivity contribution in [1.29, 1.82) is 0 Å². The van der Waals surface area contributed by atoms with E-state index in [0.717, 1.165) is 17.7 Å². The van der Waals surface area contributed by atoms with Gasteiger partial charge >= 0.3 is 0 Å². The number of pyridine rings is 1. The molecule has 17 heavy (non-hydrogen) atoms. The highest BCUT2D eigenvalue weighted by Gasteiger charge is 2.16. The standard InChI is InChI=1S/C13H17N3S/c1-3-10-6-7-17-13(10)12(16-14)11-5-4-9(2)15-8-11/h4-8,12,16H,3,14H2,1-2H3. The number of aryl methyl sites for hydroxylation is 2. The molecule has 2 aromatic rings. The fourth-order valence-corrected chi connectivity index (χ4v) is 2.95. The lowest BCUT2D eigenvalue weighted by molar-refractivity contribution is 0.639. The minimum Gasteiger partial charge on any atom is -0.271 e. The lowest BCUT2D eigenvalue weighted by Crippen LogP contribution is -2.28. The average molecular weight is 247 g/mol. The highest BCUT2D eigenvalue weighted by atomic mass is 32.1. The SMILES string of the molecule is CCc1ccsc1C(NN)c1ccc(C)nc1. The third-order valence-electron chi connectivity index (χ3n) is 2.86. The van der Waals surface area contributed by atoms with Crippen LogP contribution in [0.25, 0.3) is 0 Å². The number of nitrogens with one attached hydrogen (secondary N) is 1. The van der Waals surface area contributed by atoms with Crippen LogP contribution in [0.2, 0.25) is 0 Å². The van der Waals surface area contributed by atoms with Crippen LogP contribution in [-0.4, -0.2) is 4.98 Å². The molecule has 0 bridgehead atoms. The zero-order chi connectivity index (χ0) is 12.3. The second kappa shape index (κ2) is 5.40. The monoisotopic (exact) mass is 247 g/mol. The Bertz CT molecular complexity index is 476. The van der Waals surface area contributed by atoms with Gasteiger partial charge in [-0.25, -0.2) is 5.43 Å². The van der Waals surface area contributed by atoms with Crippen LogP contribution in [0.5, 0.6) is 0 Å². The van der Waals surface area contributed by atoms with Gasteiger partial charge in [0.2, 0.25) is 0 Å². The number of hydrogen-bond donors (Lipinski definition) is 2. The van der Waals surface area contributed by atoms with Gasteiger partial charge in [0.05, 0.1) is 6.04 Å². The molecule has 0 saturated carbocycles. The Morgan fingerprint density at radius 2 is 2.24 bits per heavy atom. The number of thiophene rings is 1. The normalized spacial score (nSPS) is 12.6. The predicted molar refractivity (Wildman–Crippen MR) is 71.8 cm³/mol. The van der Waals surface area contributed by atoms with Crippen molar-refractivity contribution in [2.24, 2.45) is 5.84 Å². The quantitative estimate of drug-likeness (QED) is 0.645. The molecule has 0 spiro atoms. The number of nitrogens with zero attached hydrogens (tertiary/aromatic N) is 1. The zero-order valence-corrected chi connectivity index (χ0v) is 10.9. The first-order valence-electron chi connectivity index (χ1n) is 5.71. The maximum Gasteiger partial charge on any atom is 0.0820 e. The Morgan fingerprint density at radius 3 is 2.82 bits per heavy atom. The van der Waals surface area contributed by atoms with E-state index < -0.39 is 0 Å². The second-order valence-electron chi connectivity index (χ2n) is 4.00.